The number of rotatable bonds is 4. The number of hydrogen-bond acceptors (Lipinski definition) is 2. The van der Waals surface area contributed by atoms with Crippen LogP contribution in [0.5, 0.6) is 0 Å². The van der Waals surface area contributed by atoms with Crippen LogP contribution in [-0.4, -0.2) is 16.1 Å². The second-order valence-electron chi connectivity index (χ2n) is 4.43. The first-order valence-corrected chi connectivity index (χ1v) is 5.97. The number of aromatic nitrogens is 2. The molecule has 1 aromatic heterocycles. The third kappa shape index (κ3) is 2.74. The summed E-state index contributed by atoms with van der Waals surface area (Å²) in [5, 5.41) is 0. The van der Waals surface area contributed by atoms with Crippen LogP contribution in [0.4, 0.5) is 0 Å². The molecule has 0 fully saturated rings. The standard InChI is InChI=1S/C14H19N3/c1-11-3-4-13(9-12(11)2)10-17-8-7-16-14(17)5-6-15/h3-4,7-9H,5-6,10,15H2,1-2H3. The number of aryl methyl sites for hydroxylation is 2. The molecule has 17 heavy (non-hydrogen) atoms. The molecule has 0 aliphatic rings. The molecule has 3 heteroatoms. The summed E-state index contributed by atoms with van der Waals surface area (Å²) < 4.78 is 2.16. The Morgan fingerprint density at radius 3 is 2.76 bits per heavy atom. The Morgan fingerprint density at radius 1 is 1.24 bits per heavy atom. The van der Waals surface area contributed by atoms with Gasteiger partial charge in [-0.15, -0.1) is 0 Å². The van der Waals surface area contributed by atoms with Gasteiger partial charge in [0.05, 0.1) is 0 Å². The number of nitrogens with two attached hydrogens (primary N) is 1. The van der Waals surface area contributed by atoms with E-state index in [1.165, 1.54) is 16.7 Å². The molecule has 2 aromatic rings. The molecule has 0 spiro atoms. The summed E-state index contributed by atoms with van der Waals surface area (Å²) in [6.45, 7) is 5.80. The van der Waals surface area contributed by atoms with Gasteiger partial charge in [-0.25, -0.2) is 4.98 Å². The van der Waals surface area contributed by atoms with E-state index in [0.29, 0.717) is 6.54 Å². The maximum absolute atomic E-state index is 5.57. The van der Waals surface area contributed by atoms with Crippen molar-refractivity contribution in [2.24, 2.45) is 5.73 Å². The van der Waals surface area contributed by atoms with Gasteiger partial charge in [0.15, 0.2) is 0 Å². The number of hydrogen-bond donors (Lipinski definition) is 1. The summed E-state index contributed by atoms with van der Waals surface area (Å²) in [6, 6.07) is 6.58. The molecular formula is C14H19N3. The first-order valence-electron chi connectivity index (χ1n) is 5.97. The second kappa shape index (κ2) is 5.15. The van der Waals surface area contributed by atoms with Gasteiger partial charge in [-0.2, -0.15) is 0 Å². The van der Waals surface area contributed by atoms with Gasteiger partial charge in [-0.05, 0) is 37.1 Å². The summed E-state index contributed by atoms with van der Waals surface area (Å²) in [5.41, 5.74) is 9.55. The molecule has 0 radical (unpaired) electrons. The SMILES string of the molecule is Cc1ccc(Cn2ccnc2CCN)cc1C. The minimum Gasteiger partial charge on any atom is -0.330 e. The average Bonchev–Trinajstić information content (AvgIpc) is 2.72. The maximum atomic E-state index is 5.57. The molecule has 0 aliphatic carbocycles. The summed E-state index contributed by atoms with van der Waals surface area (Å²) >= 11 is 0. The lowest BCUT2D eigenvalue weighted by molar-refractivity contribution is 0.716. The van der Waals surface area contributed by atoms with Crippen molar-refractivity contribution < 1.29 is 0 Å². The van der Waals surface area contributed by atoms with Crippen molar-refractivity contribution in [2.75, 3.05) is 6.54 Å². The van der Waals surface area contributed by atoms with E-state index in [1.807, 2.05) is 12.4 Å². The monoisotopic (exact) mass is 229 g/mol. The van der Waals surface area contributed by atoms with E-state index < -0.39 is 0 Å². The molecule has 0 atom stereocenters. The van der Waals surface area contributed by atoms with Crippen LogP contribution in [0.15, 0.2) is 30.6 Å². The first-order chi connectivity index (χ1) is 8.20. The zero-order valence-corrected chi connectivity index (χ0v) is 10.5. The molecule has 1 aromatic carbocycles. The first kappa shape index (κ1) is 11.9. The van der Waals surface area contributed by atoms with Gasteiger partial charge < -0.3 is 10.3 Å². The average molecular weight is 229 g/mol. The Balaban J connectivity index is 2.19. The quantitative estimate of drug-likeness (QED) is 0.872. The van der Waals surface area contributed by atoms with Crippen molar-refractivity contribution >= 4 is 0 Å². The second-order valence-corrected chi connectivity index (χ2v) is 4.43. The fourth-order valence-corrected chi connectivity index (χ4v) is 1.94. The van der Waals surface area contributed by atoms with Crippen molar-refractivity contribution in [2.45, 2.75) is 26.8 Å². The van der Waals surface area contributed by atoms with Crippen LogP contribution >= 0.6 is 0 Å². The third-order valence-corrected chi connectivity index (χ3v) is 3.09. The van der Waals surface area contributed by atoms with Crippen molar-refractivity contribution in [1.29, 1.82) is 0 Å². The summed E-state index contributed by atoms with van der Waals surface area (Å²) in [7, 11) is 0. The van der Waals surface area contributed by atoms with Crippen molar-refractivity contribution in [3.8, 4) is 0 Å². The highest BCUT2D eigenvalue weighted by molar-refractivity contribution is 5.30. The van der Waals surface area contributed by atoms with E-state index >= 15 is 0 Å². The van der Waals surface area contributed by atoms with Gasteiger partial charge in [0.2, 0.25) is 0 Å². The van der Waals surface area contributed by atoms with Crippen LogP contribution in [0.2, 0.25) is 0 Å². The summed E-state index contributed by atoms with van der Waals surface area (Å²) in [5.74, 6) is 1.06. The third-order valence-electron chi connectivity index (χ3n) is 3.09. The molecule has 90 valence electrons. The van der Waals surface area contributed by atoms with Crippen LogP contribution in [0, 0.1) is 13.8 Å². The van der Waals surface area contributed by atoms with Gasteiger partial charge in [0.25, 0.3) is 0 Å². The fourth-order valence-electron chi connectivity index (χ4n) is 1.94. The molecule has 0 unspecified atom stereocenters. The van der Waals surface area contributed by atoms with E-state index in [1.54, 1.807) is 0 Å². The predicted octanol–water partition coefficient (Wildman–Crippen LogP) is 2.05. The Bertz CT molecular complexity index is 500. The normalized spacial score (nSPS) is 10.8. The highest BCUT2D eigenvalue weighted by Gasteiger charge is 2.03. The topological polar surface area (TPSA) is 43.8 Å². The Kier molecular flexibility index (Phi) is 3.59. The molecule has 0 bridgehead atoms. The van der Waals surface area contributed by atoms with Crippen LogP contribution in [0.3, 0.4) is 0 Å². The number of benzene rings is 1. The fraction of sp³-hybridized carbons (Fsp3) is 0.357. The maximum Gasteiger partial charge on any atom is 0.110 e. The molecule has 0 saturated carbocycles. The molecule has 2 N–H and O–H groups in total. The van der Waals surface area contributed by atoms with E-state index in [9.17, 15) is 0 Å². The lowest BCUT2D eigenvalue weighted by atomic mass is 10.1. The van der Waals surface area contributed by atoms with Gasteiger partial charge in [0.1, 0.15) is 5.82 Å². The van der Waals surface area contributed by atoms with Gasteiger partial charge in [0, 0.05) is 25.4 Å². The van der Waals surface area contributed by atoms with Gasteiger partial charge in [-0.3, -0.25) is 0 Å². The van der Waals surface area contributed by atoms with Gasteiger partial charge >= 0.3 is 0 Å². The van der Waals surface area contributed by atoms with Crippen molar-refractivity contribution in [1.82, 2.24) is 9.55 Å². The van der Waals surface area contributed by atoms with Crippen LogP contribution in [-0.2, 0) is 13.0 Å². The molecular weight excluding hydrogens is 210 g/mol. The Labute approximate surface area is 102 Å². The molecule has 2 rings (SSSR count). The minimum absolute atomic E-state index is 0.643. The van der Waals surface area contributed by atoms with Crippen molar-refractivity contribution in [3.05, 3.63) is 53.1 Å². The smallest absolute Gasteiger partial charge is 0.110 e. The molecule has 3 nitrogen and oxygen atoms in total. The van der Waals surface area contributed by atoms with Crippen LogP contribution in [0.1, 0.15) is 22.5 Å². The lowest BCUT2D eigenvalue weighted by Gasteiger charge is -2.09. The van der Waals surface area contributed by atoms with E-state index in [0.717, 1.165) is 18.8 Å². The van der Waals surface area contributed by atoms with E-state index in [-0.39, 0.29) is 0 Å². The van der Waals surface area contributed by atoms with Gasteiger partial charge in [-0.1, -0.05) is 18.2 Å². The zero-order valence-electron chi connectivity index (χ0n) is 10.5. The predicted molar refractivity (Wildman–Crippen MR) is 70.0 cm³/mol. The number of imidazole rings is 1. The molecule has 0 saturated heterocycles. The van der Waals surface area contributed by atoms with Crippen LogP contribution in [0.25, 0.3) is 0 Å². The van der Waals surface area contributed by atoms with E-state index in [4.69, 9.17) is 5.73 Å². The minimum atomic E-state index is 0.643. The molecule has 0 amide bonds. The number of nitrogens with zero attached hydrogens (tertiary/aromatic N) is 2. The summed E-state index contributed by atoms with van der Waals surface area (Å²) in [4.78, 5) is 4.33. The molecule has 1 heterocycles. The zero-order chi connectivity index (χ0) is 12.3. The largest absolute Gasteiger partial charge is 0.330 e. The highest BCUT2D eigenvalue weighted by Crippen LogP contribution is 2.12. The van der Waals surface area contributed by atoms with Crippen LogP contribution < -0.4 is 5.73 Å². The highest BCUT2D eigenvalue weighted by atomic mass is 15.1. The van der Waals surface area contributed by atoms with Crippen molar-refractivity contribution in [3.63, 3.8) is 0 Å². The lowest BCUT2D eigenvalue weighted by Crippen LogP contribution is -2.10. The Hall–Kier alpha value is -1.61. The van der Waals surface area contributed by atoms with E-state index in [2.05, 4.69) is 41.6 Å². The molecule has 0 aliphatic heterocycles. The summed E-state index contributed by atoms with van der Waals surface area (Å²) in [6.07, 6.45) is 4.68. The Morgan fingerprint density at radius 2 is 2.06 bits per heavy atom.